The minimum atomic E-state index is 0.778. The van der Waals surface area contributed by atoms with Crippen molar-refractivity contribution >= 4 is 0 Å². The standard InChI is InChI=1S/C16H16O2/c1-11-5-3-7-13(15(11)17-2)14-8-4-6-12-9-10-18-16(12)14/h3-8H,9-10H2,1-2H3. The molecule has 1 aliphatic rings. The van der Waals surface area contributed by atoms with E-state index < -0.39 is 0 Å². The number of methoxy groups -OCH3 is 1. The van der Waals surface area contributed by atoms with Crippen LogP contribution in [0.2, 0.25) is 0 Å². The van der Waals surface area contributed by atoms with Crippen molar-refractivity contribution in [2.45, 2.75) is 13.3 Å². The molecular weight excluding hydrogens is 224 g/mol. The van der Waals surface area contributed by atoms with Crippen molar-refractivity contribution in [2.75, 3.05) is 13.7 Å². The molecule has 0 aromatic heterocycles. The van der Waals surface area contributed by atoms with E-state index in [9.17, 15) is 0 Å². The highest BCUT2D eigenvalue weighted by atomic mass is 16.5. The first kappa shape index (κ1) is 11.1. The minimum Gasteiger partial charge on any atom is -0.496 e. The zero-order valence-electron chi connectivity index (χ0n) is 10.7. The summed E-state index contributed by atoms with van der Waals surface area (Å²) in [7, 11) is 1.72. The summed E-state index contributed by atoms with van der Waals surface area (Å²) in [5.74, 6) is 1.95. The van der Waals surface area contributed by atoms with Gasteiger partial charge in [0, 0.05) is 17.5 Å². The third-order valence-electron chi connectivity index (χ3n) is 3.42. The fourth-order valence-electron chi connectivity index (χ4n) is 2.56. The van der Waals surface area contributed by atoms with Gasteiger partial charge in [-0.15, -0.1) is 0 Å². The SMILES string of the molecule is COc1c(C)cccc1-c1cccc2c1OCC2. The van der Waals surface area contributed by atoms with Crippen LogP contribution >= 0.6 is 0 Å². The van der Waals surface area contributed by atoms with Gasteiger partial charge in [-0.2, -0.15) is 0 Å². The fraction of sp³-hybridized carbons (Fsp3) is 0.250. The lowest BCUT2D eigenvalue weighted by Gasteiger charge is -2.13. The van der Waals surface area contributed by atoms with Crippen LogP contribution in [0.25, 0.3) is 11.1 Å². The van der Waals surface area contributed by atoms with Gasteiger partial charge in [-0.05, 0) is 18.1 Å². The predicted molar refractivity (Wildman–Crippen MR) is 72.4 cm³/mol. The summed E-state index contributed by atoms with van der Waals surface area (Å²) in [6.07, 6.45) is 0.997. The summed E-state index contributed by atoms with van der Waals surface area (Å²) in [4.78, 5) is 0. The lowest BCUT2D eigenvalue weighted by molar-refractivity contribution is 0.357. The number of rotatable bonds is 2. The van der Waals surface area contributed by atoms with Crippen molar-refractivity contribution in [3.05, 3.63) is 47.5 Å². The Labute approximate surface area is 107 Å². The third kappa shape index (κ3) is 1.65. The Morgan fingerprint density at radius 2 is 1.83 bits per heavy atom. The smallest absolute Gasteiger partial charge is 0.130 e. The third-order valence-corrected chi connectivity index (χ3v) is 3.42. The maximum atomic E-state index is 5.77. The minimum absolute atomic E-state index is 0.778. The maximum absolute atomic E-state index is 5.77. The molecular formula is C16H16O2. The molecule has 0 spiro atoms. The molecule has 3 rings (SSSR count). The Morgan fingerprint density at radius 1 is 1.06 bits per heavy atom. The molecule has 0 amide bonds. The second kappa shape index (κ2) is 4.37. The summed E-state index contributed by atoms with van der Waals surface area (Å²) in [5, 5.41) is 0. The number of benzene rings is 2. The van der Waals surface area contributed by atoms with E-state index in [1.807, 2.05) is 0 Å². The number of fused-ring (bicyclic) bond motifs is 1. The van der Waals surface area contributed by atoms with Gasteiger partial charge in [0.05, 0.1) is 13.7 Å². The molecule has 0 bridgehead atoms. The van der Waals surface area contributed by atoms with Crippen LogP contribution < -0.4 is 9.47 Å². The molecule has 18 heavy (non-hydrogen) atoms. The fourth-order valence-corrected chi connectivity index (χ4v) is 2.56. The lowest BCUT2D eigenvalue weighted by Crippen LogP contribution is -1.93. The number of hydrogen-bond donors (Lipinski definition) is 0. The zero-order valence-corrected chi connectivity index (χ0v) is 10.7. The number of ether oxygens (including phenoxy) is 2. The lowest BCUT2D eigenvalue weighted by atomic mass is 9.98. The molecule has 0 atom stereocenters. The Bertz CT molecular complexity index is 576. The van der Waals surface area contributed by atoms with Crippen LogP contribution in [0.15, 0.2) is 36.4 Å². The van der Waals surface area contributed by atoms with Gasteiger partial charge in [0.15, 0.2) is 0 Å². The second-order valence-corrected chi connectivity index (χ2v) is 4.55. The predicted octanol–water partition coefficient (Wildman–Crippen LogP) is 3.61. The zero-order chi connectivity index (χ0) is 12.5. The van der Waals surface area contributed by atoms with E-state index in [1.165, 1.54) is 5.56 Å². The first-order valence-corrected chi connectivity index (χ1v) is 6.20. The van der Waals surface area contributed by atoms with Crippen molar-refractivity contribution < 1.29 is 9.47 Å². The highest BCUT2D eigenvalue weighted by molar-refractivity contribution is 5.78. The quantitative estimate of drug-likeness (QED) is 0.798. The Morgan fingerprint density at radius 3 is 2.67 bits per heavy atom. The molecule has 2 heteroatoms. The first-order chi connectivity index (χ1) is 8.81. The van der Waals surface area contributed by atoms with Gasteiger partial charge in [-0.25, -0.2) is 0 Å². The van der Waals surface area contributed by atoms with E-state index in [-0.39, 0.29) is 0 Å². The van der Waals surface area contributed by atoms with E-state index in [2.05, 4.69) is 43.3 Å². The highest BCUT2D eigenvalue weighted by Gasteiger charge is 2.19. The van der Waals surface area contributed by atoms with Crippen LogP contribution in [0, 0.1) is 6.92 Å². The molecule has 1 aliphatic heterocycles. The van der Waals surface area contributed by atoms with E-state index in [0.717, 1.165) is 41.2 Å². The molecule has 0 aliphatic carbocycles. The summed E-state index contributed by atoms with van der Waals surface area (Å²) in [5.41, 5.74) is 4.67. The molecule has 2 nitrogen and oxygen atoms in total. The monoisotopic (exact) mass is 240 g/mol. The number of para-hydroxylation sites is 2. The van der Waals surface area contributed by atoms with Gasteiger partial charge in [0.1, 0.15) is 11.5 Å². The summed E-state index contributed by atoms with van der Waals surface area (Å²) in [6.45, 7) is 2.84. The van der Waals surface area contributed by atoms with Crippen LogP contribution in [0.4, 0.5) is 0 Å². The van der Waals surface area contributed by atoms with E-state index in [1.54, 1.807) is 7.11 Å². The van der Waals surface area contributed by atoms with Gasteiger partial charge >= 0.3 is 0 Å². The molecule has 2 aromatic carbocycles. The van der Waals surface area contributed by atoms with Crippen molar-refractivity contribution in [3.63, 3.8) is 0 Å². The number of aryl methyl sites for hydroxylation is 1. The number of hydrogen-bond acceptors (Lipinski definition) is 2. The molecule has 0 radical (unpaired) electrons. The van der Waals surface area contributed by atoms with Crippen LogP contribution in [0.5, 0.6) is 11.5 Å². The average Bonchev–Trinajstić information content (AvgIpc) is 2.86. The van der Waals surface area contributed by atoms with Gasteiger partial charge in [-0.1, -0.05) is 36.4 Å². The molecule has 1 heterocycles. The van der Waals surface area contributed by atoms with Gasteiger partial charge in [-0.3, -0.25) is 0 Å². The van der Waals surface area contributed by atoms with E-state index >= 15 is 0 Å². The van der Waals surface area contributed by atoms with E-state index in [4.69, 9.17) is 9.47 Å². The van der Waals surface area contributed by atoms with Crippen LogP contribution in [0.3, 0.4) is 0 Å². The maximum Gasteiger partial charge on any atom is 0.130 e. The normalized spacial score (nSPS) is 13.0. The molecule has 0 N–H and O–H groups in total. The van der Waals surface area contributed by atoms with E-state index in [0.29, 0.717) is 0 Å². The summed E-state index contributed by atoms with van der Waals surface area (Å²) in [6, 6.07) is 12.5. The van der Waals surface area contributed by atoms with Crippen LogP contribution in [-0.4, -0.2) is 13.7 Å². The van der Waals surface area contributed by atoms with Gasteiger partial charge < -0.3 is 9.47 Å². The molecule has 0 unspecified atom stereocenters. The van der Waals surface area contributed by atoms with Crippen molar-refractivity contribution in [1.29, 1.82) is 0 Å². The summed E-state index contributed by atoms with van der Waals surface area (Å²) < 4.78 is 11.3. The highest BCUT2D eigenvalue weighted by Crippen LogP contribution is 2.41. The topological polar surface area (TPSA) is 18.5 Å². The largest absolute Gasteiger partial charge is 0.496 e. The second-order valence-electron chi connectivity index (χ2n) is 4.55. The average molecular weight is 240 g/mol. The molecule has 0 fully saturated rings. The Hall–Kier alpha value is -1.96. The van der Waals surface area contributed by atoms with Crippen molar-refractivity contribution in [2.24, 2.45) is 0 Å². The van der Waals surface area contributed by atoms with Crippen LogP contribution in [0.1, 0.15) is 11.1 Å². The van der Waals surface area contributed by atoms with Gasteiger partial charge in [0.25, 0.3) is 0 Å². The Kier molecular flexibility index (Phi) is 2.71. The molecule has 0 saturated heterocycles. The molecule has 92 valence electrons. The van der Waals surface area contributed by atoms with Crippen LogP contribution in [-0.2, 0) is 6.42 Å². The van der Waals surface area contributed by atoms with Crippen molar-refractivity contribution in [1.82, 2.24) is 0 Å². The first-order valence-electron chi connectivity index (χ1n) is 6.20. The summed E-state index contributed by atoms with van der Waals surface area (Å²) >= 11 is 0. The van der Waals surface area contributed by atoms with Gasteiger partial charge in [0.2, 0.25) is 0 Å². The Balaban J connectivity index is 2.22. The molecule has 2 aromatic rings. The van der Waals surface area contributed by atoms with Crippen molar-refractivity contribution in [3.8, 4) is 22.6 Å². The molecule has 0 saturated carbocycles.